The van der Waals surface area contributed by atoms with Gasteiger partial charge in [-0.2, -0.15) is 0 Å². The zero-order chi connectivity index (χ0) is 13.5. The van der Waals surface area contributed by atoms with Crippen LogP contribution in [-0.2, 0) is 6.42 Å². The number of pyridine rings is 1. The smallest absolute Gasteiger partial charge is 0.271 e. The Hall–Kier alpha value is -1.72. The normalized spacial score (nSPS) is 12.6. The molecular formula is C12H15F2N3O. The summed E-state index contributed by atoms with van der Waals surface area (Å²) in [5, 5.41) is 2.83. The molecule has 2 aromatic heterocycles. The van der Waals surface area contributed by atoms with Gasteiger partial charge in [-0.1, -0.05) is 20.8 Å². The Morgan fingerprint density at radius 2 is 2.06 bits per heavy atom. The Labute approximate surface area is 103 Å². The van der Waals surface area contributed by atoms with Crippen LogP contribution in [0.4, 0.5) is 8.78 Å². The van der Waals surface area contributed by atoms with Crippen LogP contribution in [0.1, 0.15) is 38.6 Å². The predicted octanol–water partition coefficient (Wildman–Crippen LogP) is 2.55. The number of H-pyrrole nitrogens is 1. The minimum absolute atomic E-state index is 0.00300. The first-order valence-corrected chi connectivity index (χ1v) is 5.66. The first-order valence-electron chi connectivity index (χ1n) is 5.66. The number of fused-ring (bicyclic) bond motifs is 1. The van der Waals surface area contributed by atoms with Crippen molar-refractivity contribution < 1.29 is 8.78 Å². The van der Waals surface area contributed by atoms with Gasteiger partial charge in [0.2, 0.25) is 0 Å². The van der Waals surface area contributed by atoms with Crippen molar-refractivity contribution in [3.05, 3.63) is 33.9 Å². The zero-order valence-corrected chi connectivity index (χ0v) is 10.5. The molecule has 0 radical (unpaired) electrons. The summed E-state index contributed by atoms with van der Waals surface area (Å²) in [6.07, 6.45) is -2.02. The van der Waals surface area contributed by atoms with Crippen LogP contribution < -0.4 is 5.56 Å². The molecule has 6 heteroatoms. The number of halogens is 2. The van der Waals surface area contributed by atoms with Crippen molar-refractivity contribution in [2.45, 2.75) is 33.6 Å². The minimum Gasteiger partial charge on any atom is -0.276 e. The molecule has 0 fully saturated rings. The minimum atomic E-state index is -2.66. The molecule has 2 rings (SSSR count). The monoisotopic (exact) mass is 255 g/mol. The van der Waals surface area contributed by atoms with E-state index in [0.717, 1.165) is 6.07 Å². The standard InChI is InChI=1S/C12H15F2N3O/c1-12(2,3)6-8-15-9-4-7(11(13)14)5-10(18)17(9)16-8/h4-5,11H,6H2,1-3H3,(H,15,16). The van der Waals surface area contributed by atoms with Crippen molar-refractivity contribution in [3.63, 3.8) is 0 Å². The molecule has 0 aliphatic rings. The summed E-state index contributed by atoms with van der Waals surface area (Å²) in [6.45, 7) is 6.11. The van der Waals surface area contributed by atoms with Gasteiger partial charge in [0.15, 0.2) is 5.65 Å². The topological polar surface area (TPSA) is 50.2 Å². The fraction of sp³-hybridized carbons (Fsp3) is 0.500. The third-order valence-electron chi connectivity index (χ3n) is 2.48. The number of rotatable bonds is 2. The summed E-state index contributed by atoms with van der Waals surface area (Å²) in [5.41, 5.74) is -0.579. The molecule has 2 heterocycles. The number of aromatic amines is 1. The van der Waals surface area contributed by atoms with Gasteiger partial charge in [-0.3, -0.25) is 9.89 Å². The van der Waals surface area contributed by atoms with E-state index < -0.39 is 12.0 Å². The third-order valence-corrected chi connectivity index (χ3v) is 2.48. The number of nitrogens with one attached hydrogen (secondary N) is 1. The predicted molar refractivity (Wildman–Crippen MR) is 63.9 cm³/mol. The van der Waals surface area contributed by atoms with Crippen LogP contribution in [0.5, 0.6) is 0 Å². The molecule has 4 nitrogen and oxygen atoms in total. The molecule has 2 aromatic rings. The lowest BCUT2D eigenvalue weighted by atomic mass is 9.92. The van der Waals surface area contributed by atoms with Crippen LogP contribution in [0.15, 0.2) is 16.9 Å². The van der Waals surface area contributed by atoms with Gasteiger partial charge < -0.3 is 0 Å². The molecule has 18 heavy (non-hydrogen) atoms. The van der Waals surface area contributed by atoms with Crippen LogP contribution in [0.25, 0.3) is 5.65 Å². The lowest BCUT2D eigenvalue weighted by Gasteiger charge is -2.15. The number of nitrogens with zero attached hydrogens (tertiary/aromatic N) is 2. The van der Waals surface area contributed by atoms with E-state index in [1.54, 1.807) is 0 Å². The Morgan fingerprint density at radius 1 is 1.39 bits per heavy atom. The maximum atomic E-state index is 12.6. The van der Waals surface area contributed by atoms with Gasteiger partial charge >= 0.3 is 0 Å². The maximum absolute atomic E-state index is 12.6. The molecular weight excluding hydrogens is 240 g/mol. The van der Waals surface area contributed by atoms with Gasteiger partial charge in [-0.05, 0) is 11.5 Å². The van der Waals surface area contributed by atoms with Crippen molar-refractivity contribution in [3.8, 4) is 0 Å². The molecule has 0 bridgehead atoms. The first kappa shape index (κ1) is 12.7. The maximum Gasteiger partial charge on any atom is 0.271 e. The number of aromatic nitrogens is 3. The second-order valence-electron chi connectivity index (χ2n) is 5.53. The van der Waals surface area contributed by atoms with E-state index in [1.807, 2.05) is 20.8 Å². The summed E-state index contributed by atoms with van der Waals surface area (Å²) in [5.74, 6) is 0.617. The highest BCUT2D eigenvalue weighted by Crippen LogP contribution is 2.20. The van der Waals surface area contributed by atoms with E-state index >= 15 is 0 Å². The second kappa shape index (κ2) is 4.19. The van der Waals surface area contributed by atoms with E-state index in [4.69, 9.17) is 0 Å². The first-order chi connectivity index (χ1) is 8.26. The average molecular weight is 255 g/mol. The van der Waals surface area contributed by atoms with Crippen molar-refractivity contribution in [2.75, 3.05) is 0 Å². The summed E-state index contributed by atoms with van der Waals surface area (Å²) in [7, 11) is 0. The third kappa shape index (κ3) is 2.57. The van der Waals surface area contributed by atoms with E-state index in [1.165, 1.54) is 10.6 Å². The van der Waals surface area contributed by atoms with Gasteiger partial charge in [0.1, 0.15) is 5.82 Å². The van der Waals surface area contributed by atoms with Gasteiger partial charge in [0.25, 0.3) is 12.0 Å². The molecule has 0 amide bonds. The number of alkyl halides is 2. The quantitative estimate of drug-likeness (QED) is 0.896. The molecule has 98 valence electrons. The molecule has 0 unspecified atom stereocenters. The summed E-state index contributed by atoms with van der Waals surface area (Å²) < 4.78 is 26.3. The molecule has 1 N–H and O–H groups in total. The Bertz CT molecular complexity index is 622. The van der Waals surface area contributed by atoms with Gasteiger partial charge in [0.05, 0.1) is 0 Å². The van der Waals surface area contributed by atoms with Crippen molar-refractivity contribution >= 4 is 5.65 Å². The van der Waals surface area contributed by atoms with Crippen LogP contribution in [0.2, 0.25) is 0 Å². The van der Waals surface area contributed by atoms with Crippen molar-refractivity contribution in [1.82, 2.24) is 14.6 Å². The molecule has 0 aromatic carbocycles. The van der Waals surface area contributed by atoms with Crippen LogP contribution in [0.3, 0.4) is 0 Å². The lowest BCUT2D eigenvalue weighted by Crippen LogP contribution is -2.15. The average Bonchev–Trinajstić information content (AvgIpc) is 2.57. The highest BCUT2D eigenvalue weighted by atomic mass is 19.3. The van der Waals surface area contributed by atoms with E-state index in [9.17, 15) is 13.6 Å². The van der Waals surface area contributed by atoms with E-state index in [2.05, 4.69) is 10.1 Å². The second-order valence-corrected chi connectivity index (χ2v) is 5.53. The van der Waals surface area contributed by atoms with Crippen LogP contribution in [0, 0.1) is 5.41 Å². The molecule has 0 spiro atoms. The fourth-order valence-corrected chi connectivity index (χ4v) is 1.77. The number of hydrogen-bond donors (Lipinski definition) is 1. The molecule has 0 aliphatic carbocycles. The van der Waals surface area contributed by atoms with Gasteiger partial charge in [0, 0.05) is 18.1 Å². The van der Waals surface area contributed by atoms with Crippen LogP contribution in [-0.4, -0.2) is 14.6 Å². The molecule has 0 aliphatic heterocycles. The lowest BCUT2D eigenvalue weighted by molar-refractivity contribution is 0.151. The molecule has 0 saturated carbocycles. The Morgan fingerprint density at radius 3 is 2.61 bits per heavy atom. The van der Waals surface area contributed by atoms with Crippen LogP contribution >= 0.6 is 0 Å². The summed E-state index contributed by atoms with van der Waals surface area (Å²) >= 11 is 0. The summed E-state index contributed by atoms with van der Waals surface area (Å²) in [6, 6.07) is 2.16. The molecule has 0 saturated heterocycles. The van der Waals surface area contributed by atoms with Gasteiger partial charge in [-0.25, -0.2) is 18.3 Å². The van der Waals surface area contributed by atoms with Crippen molar-refractivity contribution in [1.29, 1.82) is 0 Å². The zero-order valence-electron chi connectivity index (χ0n) is 10.5. The highest BCUT2D eigenvalue weighted by Gasteiger charge is 2.16. The highest BCUT2D eigenvalue weighted by molar-refractivity contribution is 5.41. The Kier molecular flexibility index (Phi) is 2.96. The SMILES string of the molecule is CC(C)(C)Cc1nc2cc(C(F)F)cc(=O)n2[nH]1. The van der Waals surface area contributed by atoms with E-state index in [-0.39, 0.29) is 16.6 Å². The fourth-order valence-electron chi connectivity index (χ4n) is 1.77. The van der Waals surface area contributed by atoms with Gasteiger partial charge in [-0.15, -0.1) is 0 Å². The van der Waals surface area contributed by atoms with Crippen molar-refractivity contribution in [2.24, 2.45) is 5.41 Å². The Balaban J connectivity index is 2.51. The molecule has 0 atom stereocenters. The van der Waals surface area contributed by atoms with E-state index in [0.29, 0.717) is 12.2 Å². The summed E-state index contributed by atoms with van der Waals surface area (Å²) in [4.78, 5) is 15.8. The number of hydrogen-bond acceptors (Lipinski definition) is 2. The largest absolute Gasteiger partial charge is 0.276 e.